The van der Waals surface area contributed by atoms with E-state index in [2.05, 4.69) is 30.2 Å². The summed E-state index contributed by atoms with van der Waals surface area (Å²) < 4.78 is 32.4. The Morgan fingerprint density at radius 1 is 1.06 bits per heavy atom. The van der Waals surface area contributed by atoms with E-state index >= 15 is 0 Å². The van der Waals surface area contributed by atoms with Crippen molar-refractivity contribution in [2.75, 3.05) is 11.8 Å². The van der Waals surface area contributed by atoms with Gasteiger partial charge in [0.05, 0.1) is 23.4 Å². The Balaban J connectivity index is 1.43. The normalized spacial score (nSPS) is 15.8. The van der Waals surface area contributed by atoms with Gasteiger partial charge in [0.15, 0.2) is 11.9 Å². The second-order valence-corrected chi connectivity index (χ2v) is 9.50. The molecule has 1 aromatic heterocycles. The Labute approximate surface area is 210 Å². The third kappa shape index (κ3) is 5.37. The molecule has 1 aliphatic heterocycles. The molecular formula is C22H18ClN7O5S. The van der Waals surface area contributed by atoms with Crippen molar-refractivity contribution < 1.29 is 22.7 Å². The zero-order valence-corrected chi connectivity index (χ0v) is 20.4. The first kappa shape index (κ1) is 24.9. The highest BCUT2D eigenvalue weighted by molar-refractivity contribution is 7.92. The van der Waals surface area contributed by atoms with E-state index in [9.17, 15) is 18.0 Å². The Hall–Kier alpha value is -4.23. The van der Waals surface area contributed by atoms with Crippen LogP contribution in [-0.2, 0) is 14.8 Å². The number of anilines is 1. The maximum Gasteiger partial charge on any atom is 0.282 e. The fourth-order valence-corrected chi connectivity index (χ4v) is 4.17. The average molecular weight is 528 g/mol. The van der Waals surface area contributed by atoms with Gasteiger partial charge in [-0.3, -0.25) is 14.3 Å². The van der Waals surface area contributed by atoms with Crippen molar-refractivity contribution in [3.8, 4) is 5.88 Å². The van der Waals surface area contributed by atoms with Crippen LogP contribution in [0.2, 0.25) is 5.02 Å². The highest BCUT2D eigenvalue weighted by atomic mass is 35.5. The van der Waals surface area contributed by atoms with Crippen molar-refractivity contribution >= 4 is 50.7 Å². The summed E-state index contributed by atoms with van der Waals surface area (Å²) in [5, 5.41) is 20.7. The number of ether oxygens (including phenoxy) is 1. The molecule has 1 unspecified atom stereocenters. The van der Waals surface area contributed by atoms with E-state index in [1.807, 2.05) is 0 Å². The third-order valence-corrected chi connectivity index (χ3v) is 6.53. The predicted molar refractivity (Wildman–Crippen MR) is 130 cm³/mol. The van der Waals surface area contributed by atoms with Gasteiger partial charge >= 0.3 is 0 Å². The number of azo groups is 1. The number of sulfonamides is 1. The molecule has 0 bridgehead atoms. The maximum atomic E-state index is 12.7. The Morgan fingerprint density at radius 2 is 1.75 bits per heavy atom. The number of nitrogens with zero attached hydrogens (tertiary/aromatic N) is 6. The molecule has 0 fully saturated rings. The van der Waals surface area contributed by atoms with Crippen LogP contribution in [0.25, 0.3) is 0 Å². The molecule has 3 aromatic rings. The molecule has 0 saturated heterocycles. The van der Waals surface area contributed by atoms with Crippen LogP contribution in [0.15, 0.2) is 80.9 Å². The SMILES string of the molecule is COc1ccc(NS(=O)(=O)c2ccc(/N=N/C3C(=O)N(C(=O)c4ccc(Cl)cc4)N=C3C)cc2)nn1. The summed E-state index contributed by atoms with van der Waals surface area (Å²) in [5.74, 6) is -1.00. The fraction of sp³-hybridized carbons (Fsp3) is 0.136. The summed E-state index contributed by atoms with van der Waals surface area (Å²) in [7, 11) is -2.52. The zero-order valence-electron chi connectivity index (χ0n) is 18.9. The number of methoxy groups -OCH3 is 1. The molecule has 36 heavy (non-hydrogen) atoms. The van der Waals surface area contributed by atoms with Gasteiger partial charge in [0.25, 0.3) is 21.8 Å². The predicted octanol–water partition coefficient (Wildman–Crippen LogP) is 3.45. The number of rotatable bonds is 7. The van der Waals surface area contributed by atoms with Crippen LogP contribution in [0.1, 0.15) is 17.3 Å². The second-order valence-electron chi connectivity index (χ2n) is 7.38. The first-order valence-corrected chi connectivity index (χ1v) is 12.1. The van der Waals surface area contributed by atoms with Gasteiger partial charge in [-0.2, -0.15) is 20.3 Å². The molecule has 0 saturated carbocycles. The van der Waals surface area contributed by atoms with E-state index in [-0.39, 0.29) is 27.9 Å². The van der Waals surface area contributed by atoms with Gasteiger partial charge in [0, 0.05) is 16.7 Å². The summed E-state index contributed by atoms with van der Waals surface area (Å²) >= 11 is 5.84. The average Bonchev–Trinajstić information content (AvgIpc) is 3.16. The highest BCUT2D eigenvalue weighted by Crippen LogP contribution is 2.22. The molecule has 12 nitrogen and oxygen atoms in total. The molecule has 4 rings (SSSR count). The van der Waals surface area contributed by atoms with Crippen LogP contribution < -0.4 is 9.46 Å². The number of carbonyl (C=O) groups excluding carboxylic acids is 2. The lowest BCUT2D eigenvalue weighted by Crippen LogP contribution is -2.34. The maximum absolute atomic E-state index is 12.7. The minimum absolute atomic E-state index is 0.0202. The Morgan fingerprint density at radius 3 is 2.36 bits per heavy atom. The van der Waals surface area contributed by atoms with Gasteiger partial charge in [-0.15, -0.1) is 10.2 Å². The summed E-state index contributed by atoms with van der Waals surface area (Å²) in [6, 6.07) is 13.3. The molecule has 14 heteroatoms. The number of amides is 2. The monoisotopic (exact) mass is 527 g/mol. The number of hydrogen-bond donors (Lipinski definition) is 1. The van der Waals surface area contributed by atoms with E-state index in [4.69, 9.17) is 16.3 Å². The van der Waals surface area contributed by atoms with Crippen molar-refractivity contribution in [1.82, 2.24) is 15.2 Å². The molecule has 2 heterocycles. The highest BCUT2D eigenvalue weighted by Gasteiger charge is 2.38. The van der Waals surface area contributed by atoms with Crippen LogP contribution in [0.5, 0.6) is 5.88 Å². The third-order valence-electron chi connectivity index (χ3n) is 4.90. The largest absolute Gasteiger partial charge is 0.480 e. The van der Waals surface area contributed by atoms with E-state index in [1.165, 1.54) is 67.8 Å². The summed E-state index contributed by atoms with van der Waals surface area (Å²) in [5.41, 5.74) is 0.823. The van der Waals surface area contributed by atoms with E-state index in [0.717, 1.165) is 5.01 Å². The van der Waals surface area contributed by atoms with Gasteiger partial charge in [-0.1, -0.05) is 11.6 Å². The Kier molecular flexibility index (Phi) is 7.03. The summed E-state index contributed by atoms with van der Waals surface area (Å²) in [6.45, 7) is 1.56. The molecule has 0 aliphatic carbocycles. The van der Waals surface area contributed by atoms with E-state index < -0.39 is 27.9 Å². The van der Waals surface area contributed by atoms with Gasteiger partial charge < -0.3 is 4.74 Å². The standard InChI is InChI=1S/C22H18ClN7O5S/c1-13-20(22(32)30(28-13)21(31)14-3-5-15(23)6-4-14)27-24-16-7-9-17(10-8-16)36(33,34)29-18-11-12-19(35-2)26-25-18/h3-12,20H,1-2H3,(H,25,29)/b27-24+. The summed E-state index contributed by atoms with van der Waals surface area (Å²) in [6.07, 6.45) is 0. The van der Waals surface area contributed by atoms with Crippen LogP contribution in [0.3, 0.4) is 0 Å². The van der Waals surface area contributed by atoms with Gasteiger partial charge in [0.2, 0.25) is 5.88 Å². The molecule has 0 spiro atoms. The van der Waals surface area contributed by atoms with E-state index in [1.54, 1.807) is 6.92 Å². The molecule has 184 valence electrons. The van der Waals surface area contributed by atoms with Gasteiger partial charge in [-0.25, -0.2) is 8.42 Å². The topological polar surface area (TPSA) is 156 Å². The quantitative estimate of drug-likeness (QED) is 0.364. The minimum atomic E-state index is -3.93. The zero-order chi connectivity index (χ0) is 25.9. The van der Waals surface area contributed by atoms with Crippen LogP contribution in [-0.4, -0.2) is 54.3 Å². The fourth-order valence-electron chi connectivity index (χ4n) is 3.05. The lowest BCUT2D eigenvalue weighted by molar-refractivity contribution is -0.127. The molecule has 1 atom stereocenters. The minimum Gasteiger partial charge on any atom is -0.480 e. The van der Waals surface area contributed by atoms with Crippen LogP contribution in [0.4, 0.5) is 11.5 Å². The number of hydrazone groups is 1. The number of carbonyl (C=O) groups is 2. The number of aromatic nitrogens is 2. The number of hydrogen-bond acceptors (Lipinski definition) is 10. The van der Waals surface area contributed by atoms with Crippen molar-refractivity contribution in [1.29, 1.82) is 0 Å². The lowest BCUT2D eigenvalue weighted by atomic mass is 10.2. The molecular weight excluding hydrogens is 510 g/mol. The second kappa shape index (κ2) is 10.2. The van der Waals surface area contributed by atoms with Gasteiger partial charge in [0.1, 0.15) is 0 Å². The molecule has 1 N–H and O–H groups in total. The van der Waals surface area contributed by atoms with Crippen LogP contribution >= 0.6 is 11.6 Å². The number of halogens is 1. The number of benzene rings is 2. The van der Waals surface area contributed by atoms with Crippen LogP contribution in [0, 0.1) is 0 Å². The molecule has 0 radical (unpaired) electrons. The van der Waals surface area contributed by atoms with Crippen molar-refractivity contribution in [2.24, 2.45) is 15.3 Å². The first-order chi connectivity index (χ1) is 17.2. The number of imide groups is 1. The van der Waals surface area contributed by atoms with Crippen molar-refractivity contribution in [2.45, 2.75) is 17.9 Å². The molecule has 1 aliphatic rings. The molecule has 2 aromatic carbocycles. The van der Waals surface area contributed by atoms with Gasteiger partial charge in [-0.05, 0) is 61.5 Å². The first-order valence-electron chi connectivity index (χ1n) is 10.3. The van der Waals surface area contributed by atoms with Crippen molar-refractivity contribution in [3.63, 3.8) is 0 Å². The summed E-state index contributed by atoms with van der Waals surface area (Å²) in [4.78, 5) is 25.3. The Bertz CT molecular complexity index is 1460. The smallest absolute Gasteiger partial charge is 0.282 e. The number of nitrogens with one attached hydrogen (secondary N) is 1. The van der Waals surface area contributed by atoms with Crippen molar-refractivity contribution in [3.05, 3.63) is 71.2 Å². The molecule has 2 amide bonds. The van der Waals surface area contributed by atoms with E-state index in [0.29, 0.717) is 10.7 Å². The lowest BCUT2D eigenvalue weighted by Gasteiger charge is -2.10.